The third kappa shape index (κ3) is 7.01. The molecule has 98 valence electrons. The second kappa shape index (κ2) is 9.85. The predicted octanol–water partition coefficient (Wildman–Crippen LogP) is 3.83. The fourth-order valence-corrected chi connectivity index (χ4v) is 3.81. The zero-order chi connectivity index (χ0) is 12.3. The van der Waals surface area contributed by atoms with Gasteiger partial charge in [0.2, 0.25) is 0 Å². The van der Waals surface area contributed by atoms with Crippen molar-refractivity contribution in [2.24, 2.45) is 0 Å². The molecule has 0 aliphatic heterocycles. The zero-order valence-electron chi connectivity index (χ0n) is 11.2. The molecule has 0 aromatic carbocycles. The van der Waals surface area contributed by atoms with E-state index < -0.39 is 0 Å². The van der Waals surface area contributed by atoms with Gasteiger partial charge >= 0.3 is 0 Å². The molecule has 1 nitrogen and oxygen atoms in total. The van der Waals surface area contributed by atoms with E-state index in [1.54, 1.807) is 0 Å². The number of terminal acetylenes is 1. The van der Waals surface area contributed by atoms with Crippen LogP contribution in [0.2, 0.25) is 0 Å². The highest BCUT2D eigenvalue weighted by Gasteiger charge is 2.17. The first kappa shape index (κ1) is 14.9. The molecule has 1 aliphatic carbocycles. The van der Waals surface area contributed by atoms with E-state index in [9.17, 15) is 0 Å². The first-order chi connectivity index (χ1) is 8.36. The van der Waals surface area contributed by atoms with Crippen LogP contribution in [0.3, 0.4) is 0 Å². The standard InChI is InChI=1S/C15H27NS/c1-3-5-6-9-14(16-12-4-2)13-17-15-10-7-8-11-15/h1,14-16H,4-13H2,2H3. The van der Waals surface area contributed by atoms with Gasteiger partial charge in [0.05, 0.1) is 0 Å². The van der Waals surface area contributed by atoms with E-state index >= 15 is 0 Å². The van der Waals surface area contributed by atoms with Gasteiger partial charge in [-0.15, -0.1) is 12.3 Å². The van der Waals surface area contributed by atoms with E-state index in [1.807, 2.05) is 0 Å². The van der Waals surface area contributed by atoms with E-state index in [0.29, 0.717) is 6.04 Å². The number of hydrogen-bond donors (Lipinski definition) is 1. The first-order valence-electron chi connectivity index (χ1n) is 7.15. The molecule has 17 heavy (non-hydrogen) atoms. The normalized spacial score (nSPS) is 18.1. The molecule has 0 aromatic rings. The Labute approximate surface area is 112 Å². The predicted molar refractivity (Wildman–Crippen MR) is 79.5 cm³/mol. The topological polar surface area (TPSA) is 12.0 Å². The van der Waals surface area contributed by atoms with Gasteiger partial charge in [0.1, 0.15) is 0 Å². The minimum atomic E-state index is 0.675. The molecule has 0 amide bonds. The summed E-state index contributed by atoms with van der Waals surface area (Å²) in [6.07, 6.45) is 15.6. The molecule has 0 heterocycles. The molecule has 2 heteroatoms. The van der Waals surface area contributed by atoms with Crippen LogP contribution >= 0.6 is 11.8 Å². The Balaban J connectivity index is 2.16. The van der Waals surface area contributed by atoms with Crippen molar-refractivity contribution in [1.82, 2.24) is 5.32 Å². The third-order valence-corrected chi connectivity index (χ3v) is 4.93. The van der Waals surface area contributed by atoms with Crippen molar-refractivity contribution in [2.45, 2.75) is 69.6 Å². The maximum atomic E-state index is 5.31. The summed E-state index contributed by atoms with van der Waals surface area (Å²) in [6, 6.07) is 0.675. The van der Waals surface area contributed by atoms with Crippen molar-refractivity contribution in [1.29, 1.82) is 0 Å². The van der Waals surface area contributed by atoms with Crippen LogP contribution in [-0.4, -0.2) is 23.6 Å². The first-order valence-corrected chi connectivity index (χ1v) is 8.20. The summed E-state index contributed by atoms with van der Waals surface area (Å²) < 4.78 is 0. The molecule has 0 aromatic heterocycles. The van der Waals surface area contributed by atoms with E-state index in [1.165, 1.54) is 50.7 Å². The summed E-state index contributed by atoms with van der Waals surface area (Å²) in [7, 11) is 0. The average molecular weight is 253 g/mol. The molecule has 1 unspecified atom stereocenters. The molecule has 1 rings (SSSR count). The highest BCUT2D eigenvalue weighted by atomic mass is 32.2. The van der Waals surface area contributed by atoms with Crippen molar-refractivity contribution < 1.29 is 0 Å². The largest absolute Gasteiger partial charge is 0.313 e. The molecule has 1 atom stereocenters. The molecule has 0 radical (unpaired) electrons. The molecular weight excluding hydrogens is 226 g/mol. The molecule has 1 fully saturated rings. The highest BCUT2D eigenvalue weighted by Crippen LogP contribution is 2.30. The van der Waals surface area contributed by atoms with Crippen molar-refractivity contribution >= 4 is 11.8 Å². The second-order valence-electron chi connectivity index (χ2n) is 4.99. The molecule has 1 aliphatic rings. The van der Waals surface area contributed by atoms with E-state index in [4.69, 9.17) is 6.42 Å². The van der Waals surface area contributed by atoms with Gasteiger partial charge in [0, 0.05) is 23.5 Å². The van der Waals surface area contributed by atoms with E-state index in [2.05, 4.69) is 29.9 Å². The zero-order valence-corrected chi connectivity index (χ0v) is 12.0. The van der Waals surface area contributed by atoms with Gasteiger partial charge in [-0.2, -0.15) is 11.8 Å². The SMILES string of the molecule is C#CCCCC(CSC1CCCC1)NCCC. The summed E-state index contributed by atoms with van der Waals surface area (Å²) in [5.41, 5.74) is 0. The fourth-order valence-electron chi connectivity index (χ4n) is 2.35. The summed E-state index contributed by atoms with van der Waals surface area (Å²) in [5, 5.41) is 4.60. The summed E-state index contributed by atoms with van der Waals surface area (Å²) in [6.45, 7) is 3.38. The van der Waals surface area contributed by atoms with Gasteiger partial charge in [-0.3, -0.25) is 0 Å². The van der Waals surface area contributed by atoms with Crippen molar-refractivity contribution in [3.63, 3.8) is 0 Å². The Hall–Kier alpha value is -0.130. The van der Waals surface area contributed by atoms with Crippen LogP contribution in [0.25, 0.3) is 0 Å². The summed E-state index contributed by atoms with van der Waals surface area (Å²) >= 11 is 2.19. The molecular formula is C15H27NS. The van der Waals surface area contributed by atoms with Crippen LogP contribution < -0.4 is 5.32 Å². The average Bonchev–Trinajstić information content (AvgIpc) is 2.85. The van der Waals surface area contributed by atoms with Crippen LogP contribution in [-0.2, 0) is 0 Å². The minimum Gasteiger partial charge on any atom is -0.313 e. The van der Waals surface area contributed by atoms with Crippen LogP contribution in [0.15, 0.2) is 0 Å². The maximum absolute atomic E-state index is 5.31. The highest BCUT2D eigenvalue weighted by molar-refractivity contribution is 7.99. The smallest absolute Gasteiger partial charge is 0.0158 e. The van der Waals surface area contributed by atoms with Gasteiger partial charge < -0.3 is 5.32 Å². The lowest BCUT2D eigenvalue weighted by molar-refractivity contribution is 0.507. The maximum Gasteiger partial charge on any atom is 0.0158 e. The van der Waals surface area contributed by atoms with Crippen molar-refractivity contribution in [3.05, 3.63) is 0 Å². The molecule has 1 saturated carbocycles. The lowest BCUT2D eigenvalue weighted by Gasteiger charge is -2.19. The Bertz CT molecular complexity index is 215. The van der Waals surface area contributed by atoms with Gasteiger partial charge in [-0.1, -0.05) is 19.8 Å². The van der Waals surface area contributed by atoms with Crippen LogP contribution in [0, 0.1) is 12.3 Å². The quantitative estimate of drug-likeness (QED) is 0.495. The lowest BCUT2D eigenvalue weighted by atomic mass is 10.1. The van der Waals surface area contributed by atoms with Crippen molar-refractivity contribution in [2.75, 3.05) is 12.3 Å². The monoisotopic (exact) mass is 253 g/mol. The minimum absolute atomic E-state index is 0.675. The molecule has 0 saturated heterocycles. The van der Waals surface area contributed by atoms with Crippen LogP contribution in [0.4, 0.5) is 0 Å². The third-order valence-electron chi connectivity index (χ3n) is 3.39. The Morgan fingerprint density at radius 1 is 1.41 bits per heavy atom. The molecule has 0 bridgehead atoms. The Kier molecular flexibility index (Phi) is 8.65. The number of nitrogens with one attached hydrogen (secondary N) is 1. The van der Waals surface area contributed by atoms with Gasteiger partial charge in [-0.05, 0) is 38.6 Å². The second-order valence-corrected chi connectivity index (χ2v) is 6.32. The number of thioether (sulfide) groups is 1. The molecule has 0 spiro atoms. The van der Waals surface area contributed by atoms with Crippen molar-refractivity contribution in [3.8, 4) is 12.3 Å². The van der Waals surface area contributed by atoms with Gasteiger partial charge in [0.15, 0.2) is 0 Å². The summed E-state index contributed by atoms with van der Waals surface area (Å²) in [5.74, 6) is 4.01. The van der Waals surface area contributed by atoms with E-state index in [-0.39, 0.29) is 0 Å². The number of hydrogen-bond acceptors (Lipinski definition) is 2. The Morgan fingerprint density at radius 3 is 2.82 bits per heavy atom. The molecule has 1 N–H and O–H groups in total. The lowest BCUT2D eigenvalue weighted by Crippen LogP contribution is -2.32. The number of unbranched alkanes of at least 4 members (excludes halogenated alkanes) is 1. The van der Waals surface area contributed by atoms with E-state index in [0.717, 1.165) is 18.2 Å². The number of rotatable bonds is 9. The summed E-state index contributed by atoms with van der Waals surface area (Å²) in [4.78, 5) is 0. The van der Waals surface area contributed by atoms with Gasteiger partial charge in [-0.25, -0.2) is 0 Å². The van der Waals surface area contributed by atoms with Crippen LogP contribution in [0.5, 0.6) is 0 Å². The Morgan fingerprint density at radius 2 is 2.18 bits per heavy atom. The van der Waals surface area contributed by atoms with Gasteiger partial charge in [0.25, 0.3) is 0 Å². The fraction of sp³-hybridized carbons (Fsp3) is 0.867. The van der Waals surface area contributed by atoms with Crippen LogP contribution in [0.1, 0.15) is 58.3 Å².